The Morgan fingerprint density at radius 3 is 2.92 bits per heavy atom. The van der Waals surface area contributed by atoms with E-state index in [9.17, 15) is 0 Å². The SMILES string of the molecule is CSCCc1nc(C(C)N)no1. The summed E-state index contributed by atoms with van der Waals surface area (Å²) in [5, 5.41) is 3.75. The van der Waals surface area contributed by atoms with Crippen LogP contribution in [-0.4, -0.2) is 22.1 Å². The molecule has 0 saturated heterocycles. The van der Waals surface area contributed by atoms with Crippen LogP contribution in [0.15, 0.2) is 4.52 Å². The van der Waals surface area contributed by atoms with Gasteiger partial charge in [0.1, 0.15) is 0 Å². The van der Waals surface area contributed by atoms with E-state index in [1.54, 1.807) is 11.8 Å². The lowest BCUT2D eigenvalue weighted by atomic mass is 10.3. The first-order valence-electron chi connectivity index (χ1n) is 3.81. The van der Waals surface area contributed by atoms with Crippen LogP contribution in [-0.2, 0) is 6.42 Å². The second-order valence-electron chi connectivity index (χ2n) is 2.58. The fourth-order valence-electron chi connectivity index (χ4n) is 0.744. The van der Waals surface area contributed by atoms with Crippen molar-refractivity contribution in [2.75, 3.05) is 12.0 Å². The van der Waals surface area contributed by atoms with Gasteiger partial charge in [0.15, 0.2) is 5.82 Å². The molecule has 5 heteroatoms. The minimum Gasteiger partial charge on any atom is -0.339 e. The summed E-state index contributed by atoms with van der Waals surface area (Å²) < 4.78 is 4.97. The van der Waals surface area contributed by atoms with Crippen LogP contribution in [0.2, 0.25) is 0 Å². The molecule has 0 aliphatic carbocycles. The molecule has 0 aromatic carbocycles. The zero-order valence-electron chi connectivity index (χ0n) is 7.28. The molecule has 0 amide bonds. The summed E-state index contributed by atoms with van der Waals surface area (Å²) in [6, 6.07) is -0.142. The quantitative estimate of drug-likeness (QED) is 0.761. The first kappa shape index (κ1) is 9.54. The van der Waals surface area contributed by atoms with Gasteiger partial charge in [0.05, 0.1) is 6.04 Å². The predicted octanol–water partition coefficient (Wildman–Crippen LogP) is 0.995. The predicted molar refractivity (Wildman–Crippen MR) is 49.0 cm³/mol. The topological polar surface area (TPSA) is 64.9 Å². The summed E-state index contributed by atoms with van der Waals surface area (Å²) in [7, 11) is 0. The van der Waals surface area contributed by atoms with E-state index >= 15 is 0 Å². The van der Waals surface area contributed by atoms with E-state index in [1.807, 2.05) is 13.2 Å². The second kappa shape index (κ2) is 4.47. The van der Waals surface area contributed by atoms with Gasteiger partial charge in [-0.2, -0.15) is 16.7 Å². The first-order valence-corrected chi connectivity index (χ1v) is 5.20. The normalized spacial score (nSPS) is 13.2. The first-order chi connectivity index (χ1) is 5.74. The van der Waals surface area contributed by atoms with Gasteiger partial charge < -0.3 is 10.3 Å². The van der Waals surface area contributed by atoms with Crippen LogP contribution in [0.25, 0.3) is 0 Å². The number of aryl methyl sites for hydroxylation is 1. The molecule has 0 bridgehead atoms. The zero-order valence-corrected chi connectivity index (χ0v) is 8.10. The third-order valence-electron chi connectivity index (χ3n) is 1.41. The number of thioether (sulfide) groups is 1. The lowest BCUT2D eigenvalue weighted by Gasteiger charge is -1.93. The average Bonchev–Trinajstić information content (AvgIpc) is 2.48. The Balaban J connectivity index is 2.52. The molecule has 1 unspecified atom stereocenters. The second-order valence-corrected chi connectivity index (χ2v) is 3.56. The van der Waals surface area contributed by atoms with E-state index in [0.717, 1.165) is 12.2 Å². The van der Waals surface area contributed by atoms with Crippen molar-refractivity contribution in [2.24, 2.45) is 5.73 Å². The Morgan fingerprint density at radius 2 is 2.42 bits per heavy atom. The van der Waals surface area contributed by atoms with Crippen LogP contribution in [0, 0.1) is 0 Å². The Morgan fingerprint density at radius 1 is 1.67 bits per heavy atom. The fraction of sp³-hybridized carbons (Fsp3) is 0.714. The highest BCUT2D eigenvalue weighted by atomic mass is 32.2. The number of hydrogen-bond acceptors (Lipinski definition) is 5. The molecule has 1 rings (SSSR count). The summed E-state index contributed by atoms with van der Waals surface area (Å²) in [4.78, 5) is 4.13. The maximum absolute atomic E-state index is 5.57. The number of rotatable bonds is 4. The maximum atomic E-state index is 5.57. The number of aromatic nitrogens is 2. The third kappa shape index (κ3) is 2.49. The summed E-state index contributed by atoms with van der Waals surface area (Å²) in [5.74, 6) is 2.27. The highest BCUT2D eigenvalue weighted by molar-refractivity contribution is 7.98. The highest BCUT2D eigenvalue weighted by Gasteiger charge is 2.08. The smallest absolute Gasteiger partial charge is 0.227 e. The summed E-state index contributed by atoms with van der Waals surface area (Å²) in [6.07, 6.45) is 2.86. The van der Waals surface area contributed by atoms with Crippen molar-refractivity contribution in [3.05, 3.63) is 11.7 Å². The lowest BCUT2D eigenvalue weighted by Crippen LogP contribution is -2.06. The Kier molecular flexibility index (Phi) is 3.55. The molecule has 1 aromatic heterocycles. The van der Waals surface area contributed by atoms with Gasteiger partial charge >= 0.3 is 0 Å². The molecule has 0 spiro atoms. The van der Waals surface area contributed by atoms with Crippen molar-refractivity contribution in [1.29, 1.82) is 0 Å². The standard InChI is InChI=1S/C7H13N3OS/c1-5(8)7-9-6(11-10-7)3-4-12-2/h5H,3-4,8H2,1-2H3. The van der Waals surface area contributed by atoms with E-state index in [2.05, 4.69) is 10.1 Å². The lowest BCUT2D eigenvalue weighted by molar-refractivity contribution is 0.375. The molecule has 1 heterocycles. The van der Waals surface area contributed by atoms with Crippen molar-refractivity contribution in [3.63, 3.8) is 0 Å². The summed E-state index contributed by atoms with van der Waals surface area (Å²) >= 11 is 1.76. The third-order valence-corrected chi connectivity index (χ3v) is 2.02. The molecule has 12 heavy (non-hydrogen) atoms. The number of hydrogen-bond donors (Lipinski definition) is 1. The largest absolute Gasteiger partial charge is 0.339 e. The van der Waals surface area contributed by atoms with Gasteiger partial charge in [-0.05, 0) is 13.2 Å². The Bertz CT molecular complexity index is 236. The molecule has 1 atom stereocenters. The molecule has 0 fully saturated rings. The van der Waals surface area contributed by atoms with Gasteiger partial charge in [0.2, 0.25) is 5.89 Å². The van der Waals surface area contributed by atoms with Crippen LogP contribution in [0.1, 0.15) is 24.7 Å². The maximum Gasteiger partial charge on any atom is 0.227 e. The minimum atomic E-state index is -0.142. The van der Waals surface area contributed by atoms with E-state index in [4.69, 9.17) is 10.3 Å². The molecule has 0 aliphatic heterocycles. The molecule has 0 aliphatic rings. The van der Waals surface area contributed by atoms with E-state index in [1.165, 1.54) is 0 Å². The van der Waals surface area contributed by atoms with Gasteiger partial charge in [-0.15, -0.1) is 0 Å². The Hall–Kier alpha value is -0.550. The van der Waals surface area contributed by atoms with Crippen LogP contribution in [0.3, 0.4) is 0 Å². The number of nitrogens with zero attached hydrogens (tertiary/aromatic N) is 2. The summed E-state index contributed by atoms with van der Waals surface area (Å²) in [6.45, 7) is 1.84. The van der Waals surface area contributed by atoms with Gasteiger partial charge in [0.25, 0.3) is 0 Å². The monoisotopic (exact) mass is 187 g/mol. The summed E-state index contributed by atoms with van der Waals surface area (Å²) in [5.41, 5.74) is 5.57. The van der Waals surface area contributed by atoms with Gasteiger partial charge in [-0.25, -0.2) is 0 Å². The van der Waals surface area contributed by atoms with Crippen LogP contribution >= 0.6 is 11.8 Å². The fourth-order valence-corrected chi connectivity index (χ4v) is 1.12. The van der Waals surface area contributed by atoms with Crippen molar-refractivity contribution < 1.29 is 4.52 Å². The zero-order chi connectivity index (χ0) is 8.97. The van der Waals surface area contributed by atoms with E-state index in [-0.39, 0.29) is 6.04 Å². The van der Waals surface area contributed by atoms with Crippen LogP contribution in [0.5, 0.6) is 0 Å². The van der Waals surface area contributed by atoms with Crippen LogP contribution in [0.4, 0.5) is 0 Å². The molecule has 0 radical (unpaired) electrons. The van der Waals surface area contributed by atoms with Gasteiger partial charge in [-0.3, -0.25) is 0 Å². The Labute approximate surface area is 75.9 Å². The molecular weight excluding hydrogens is 174 g/mol. The van der Waals surface area contributed by atoms with Gasteiger partial charge in [-0.1, -0.05) is 5.16 Å². The average molecular weight is 187 g/mol. The molecule has 0 saturated carbocycles. The van der Waals surface area contributed by atoms with Gasteiger partial charge in [0, 0.05) is 12.2 Å². The molecule has 68 valence electrons. The number of nitrogens with two attached hydrogens (primary N) is 1. The molecular formula is C7H13N3OS. The van der Waals surface area contributed by atoms with E-state index in [0.29, 0.717) is 11.7 Å². The van der Waals surface area contributed by atoms with Crippen molar-refractivity contribution in [2.45, 2.75) is 19.4 Å². The van der Waals surface area contributed by atoms with Crippen LogP contribution < -0.4 is 5.73 Å². The minimum absolute atomic E-state index is 0.142. The van der Waals surface area contributed by atoms with E-state index < -0.39 is 0 Å². The molecule has 1 aromatic rings. The van der Waals surface area contributed by atoms with Crippen molar-refractivity contribution in [3.8, 4) is 0 Å². The van der Waals surface area contributed by atoms with Crippen molar-refractivity contribution >= 4 is 11.8 Å². The molecule has 2 N–H and O–H groups in total. The van der Waals surface area contributed by atoms with Crippen molar-refractivity contribution in [1.82, 2.24) is 10.1 Å². The highest BCUT2D eigenvalue weighted by Crippen LogP contribution is 2.06. The molecule has 4 nitrogen and oxygen atoms in total.